The normalized spacial score (nSPS) is 13.0. The number of benzene rings is 2. The van der Waals surface area contributed by atoms with E-state index in [2.05, 4.69) is 15.7 Å². The van der Waals surface area contributed by atoms with Crippen LogP contribution < -0.4 is 10.6 Å². The first-order chi connectivity index (χ1) is 13.0. The summed E-state index contributed by atoms with van der Waals surface area (Å²) in [6.07, 6.45) is 0. The molecule has 3 aromatic rings. The molecule has 7 heteroatoms. The molecule has 0 spiro atoms. The number of nitrogens with one attached hydrogen (secondary N) is 2. The van der Waals surface area contributed by atoms with E-state index in [-0.39, 0.29) is 11.8 Å². The third kappa shape index (κ3) is 3.59. The molecule has 0 atom stereocenters. The fourth-order valence-corrected chi connectivity index (χ4v) is 3.80. The zero-order valence-corrected chi connectivity index (χ0v) is 15.8. The van der Waals surface area contributed by atoms with Crippen LogP contribution in [-0.2, 0) is 4.79 Å². The predicted molar refractivity (Wildman–Crippen MR) is 107 cm³/mol. The van der Waals surface area contributed by atoms with Gasteiger partial charge in [-0.3, -0.25) is 9.59 Å². The average Bonchev–Trinajstić information content (AvgIpc) is 2.99. The monoisotopic (exact) mass is 378 g/mol. The van der Waals surface area contributed by atoms with E-state index in [0.717, 1.165) is 27.7 Å². The number of thioether (sulfide) groups is 1. The number of aryl methyl sites for hydroxylation is 2. The number of carbonyl (C=O) groups is 2. The molecule has 0 aliphatic carbocycles. The van der Waals surface area contributed by atoms with E-state index < -0.39 is 0 Å². The van der Waals surface area contributed by atoms with Crippen molar-refractivity contribution in [2.24, 2.45) is 0 Å². The molecule has 0 radical (unpaired) electrons. The summed E-state index contributed by atoms with van der Waals surface area (Å²) in [5.41, 5.74) is 4.82. The Labute approximate surface area is 161 Å². The molecule has 1 aromatic heterocycles. The summed E-state index contributed by atoms with van der Waals surface area (Å²) in [7, 11) is 0. The van der Waals surface area contributed by atoms with Crippen molar-refractivity contribution in [2.45, 2.75) is 18.7 Å². The molecule has 0 unspecified atom stereocenters. The molecule has 4 rings (SSSR count). The van der Waals surface area contributed by atoms with E-state index >= 15 is 0 Å². The fraction of sp³-hybridized carbons (Fsp3) is 0.150. The van der Waals surface area contributed by atoms with Crippen LogP contribution in [-0.4, -0.2) is 27.3 Å². The Morgan fingerprint density at radius 1 is 1.15 bits per heavy atom. The number of aromatic nitrogens is 2. The molecule has 2 aromatic carbocycles. The molecule has 0 saturated heterocycles. The van der Waals surface area contributed by atoms with Gasteiger partial charge in [0, 0.05) is 21.8 Å². The smallest absolute Gasteiger partial charge is 0.255 e. The maximum absolute atomic E-state index is 12.5. The predicted octanol–water partition coefficient (Wildman–Crippen LogP) is 3.79. The first kappa shape index (κ1) is 17.4. The van der Waals surface area contributed by atoms with Gasteiger partial charge in [-0.1, -0.05) is 0 Å². The molecule has 2 heterocycles. The molecular weight excluding hydrogens is 360 g/mol. The van der Waals surface area contributed by atoms with Gasteiger partial charge in [0.1, 0.15) is 0 Å². The first-order valence-corrected chi connectivity index (χ1v) is 9.50. The van der Waals surface area contributed by atoms with E-state index in [1.54, 1.807) is 18.2 Å². The van der Waals surface area contributed by atoms with E-state index in [0.29, 0.717) is 17.0 Å². The summed E-state index contributed by atoms with van der Waals surface area (Å²) in [6.45, 7) is 3.94. The minimum Gasteiger partial charge on any atom is -0.324 e. The van der Waals surface area contributed by atoms with Gasteiger partial charge < -0.3 is 10.6 Å². The number of anilines is 2. The second kappa shape index (κ2) is 6.92. The SMILES string of the molecule is Cc1cc(C)n(-c2ccc(C(=O)Nc3ccc4c(c3)NC(=O)CS4)cc2)n1. The number of carbonyl (C=O) groups excluding carboxylic acids is 2. The van der Waals surface area contributed by atoms with Crippen LogP contribution in [0.4, 0.5) is 11.4 Å². The van der Waals surface area contributed by atoms with Crippen LogP contribution in [0.3, 0.4) is 0 Å². The third-order valence-corrected chi connectivity index (χ3v) is 5.33. The summed E-state index contributed by atoms with van der Waals surface area (Å²) in [5, 5.41) is 10.2. The molecular formula is C20H18N4O2S. The highest BCUT2D eigenvalue weighted by Gasteiger charge is 2.16. The Balaban J connectivity index is 1.51. The molecule has 2 N–H and O–H groups in total. The van der Waals surface area contributed by atoms with Crippen molar-refractivity contribution in [3.05, 3.63) is 65.5 Å². The zero-order valence-electron chi connectivity index (χ0n) is 14.9. The first-order valence-electron chi connectivity index (χ1n) is 8.51. The van der Waals surface area contributed by atoms with Gasteiger partial charge in [-0.2, -0.15) is 5.10 Å². The topological polar surface area (TPSA) is 76.0 Å². The van der Waals surface area contributed by atoms with Gasteiger partial charge >= 0.3 is 0 Å². The van der Waals surface area contributed by atoms with Crippen molar-refractivity contribution >= 4 is 35.0 Å². The molecule has 1 aliphatic heterocycles. The minimum atomic E-state index is -0.204. The lowest BCUT2D eigenvalue weighted by atomic mass is 10.2. The molecule has 27 heavy (non-hydrogen) atoms. The zero-order chi connectivity index (χ0) is 19.0. The van der Waals surface area contributed by atoms with E-state index in [1.165, 1.54) is 11.8 Å². The van der Waals surface area contributed by atoms with Crippen LogP contribution in [0.2, 0.25) is 0 Å². The second-order valence-corrected chi connectivity index (χ2v) is 7.40. The van der Waals surface area contributed by atoms with Gasteiger partial charge in [-0.05, 0) is 62.4 Å². The fourth-order valence-electron chi connectivity index (χ4n) is 3.01. The summed E-state index contributed by atoms with van der Waals surface area (Å²) >= 11 is 1.49. The standard InChI is InChI=1S/C20H18N4O2S/c1-12-9-13(2)24(23-12)16-6-3-14(4-7-16)20(26)21-15-5-8-18-17(10-15)22-19(25)11-27-18/h3-10H,11H2,1-2H3,(H,21,26)(H,22,25). The van der Waals surface area contributed by atoms with Crippen molar-refractivity contribution in [3.8, 4) is 5.69 Å². The van der Waals surface area contributed by atoms with Crippen molar-refractivity contribution in [2.75, 3.05) is 16.4 Å². The highest BCUT2D eigenvalue weighted by atomic mass is 32.2. The molecule has 0 bridgehead atoms. The van der Waals surface area contributed by atoms with Gasteiger partial charge in [-0.25, -0.2) is 4.68 Å². The quantitative estimate of drug-likeness (QED) is 0.727. The Hall–Kier alpha value is -3.06. The van der Waals surface area contributed by atoms with Crippen LogP contribution >= 0.6 is 11.8 Å². The summed E-state index contributed by atoms with van der Waals surface area (Å²) in [6, 6.07) is 14.8. The van der Waals surface area contributed by atoms with E-state index in [1.807, 2.05) is 48.9 Å². The van der Waals surface area contributed by atoms with Crippen molar-refractivity contribution < 1.29 is 9.59 Å². The van der Waals surface area contributed by atoms with Gasteiger partial charge in [0.15, 0.2) is 0 Å². The van der Waals surface area contributed by atoms with Gasteiger partial charge in [0.2, 0.25) is 5.91 Å². The molecule has 136 valence electrons. The molecule has 0 saturated carbocycles. The van der Waals surface area contributed by atoms with Crippen LogP contribution in [0.5, 0.6) is 0 Å². The van der Waals surface area contributed by atoms with Gasteiger partial charge in [0.25, 0.3) is 5.91 Å². The lowest BCUT2D eigenvalue weighted by Gasteiger charge is -2.17. The number of hydrogen-bond acceptors (Lipinski definition) is 4. The molecule has 0 fully saturated rings. The maximum Gasteiger partial charge on any atom is 0.255 e. The minimum absolute atomic E-state index is 0.0317. The number of nitrogens with zero attached hydrogens (tertiary/aromatic N) is 2. The third-order valence-electron chi connectivity index (χ3n) is 4.25. The Bertz CT molecular complexity index is 1040. The molecule has 2 amide bonds. The lowest BCUT2D eigenvalue weighted by Crippen LogP contribution is -2.19. The lowest BCUT2D eigenvalue weighted by molar-refractivity contribution is -0.113. The Kier molecular flexibility index (Phi) is 4.45. The van der Waals surface area contributed by atoms with E-state index in [9.17, 15) is 9.59 Å². The maximum atomic E-state index is 12.5. The number of hydrogen-bond donors (Lipinski definition) is 2. The summed E-state index contributed by atoms with van der Waals surface area (Å²) in [4.78, 5) is 25.1. The number of fused-ring (bicyclic) bond motifs is 1. The van der Waals surface area contributed by atoms with Crippen molar-refractivity contribution in [1.82, 2.24) is 9.78 Å². The van der Waals surface area contributed by atoms with Gasteiger partial charge in [0.05, 0.1) is 22.8 Å². The summed E-state index contributed by atoms with van der Waals surface area (Å²) < 4.78 is 1.85. The largest absolute Gasteiger partial charge is 0.324 e. The highest BCUT2D eigenvalue weighted by molar-refractivity contribution is 8.00. The summed E-state index contributed by atoms with van der Waals surface area (Å²) in [5.74, 6) is 0.181. The van der Waals surface area contributed by atoms with Crippen LogP contribution in [0.1, 0.15) is 21.7 Å². The van der Waals surface area contributed by atoms with Crippen LogP contribution in [0.15, 0.2) is 53.4 Å². The van der Waals surface area contributed by atoms with Crippen LogP contribution in [0, 0.1) is 13.8 Å². The second-order valence-electron chi connectivity index (χ2n) is 6.39. The average molecular weight is 378 g/mol. The Morgan fingerprint density at radius 2 is 1.93 bits per heavy atom. The molecule has 1 aliphatic rings. The highest BCUT2D eigenvalue weighted by Crippen LogP contribution is 2.33. The van der Waals surface area contributed by atoms with Crippen molar-refractivity contribution in [1.29, 1.82) is 0 Å². The van der Waals surface area contributed by atoms with Crippen molar-refractivity contribution in [3.63, 3.8) is 0 Å². The van der Waals surface area contributed by atoms with E-state index in [4.69, 9.17) is 0 Å². The number of rotatable bonds is 3. The van der Waals surface area contributed by atoms with Crippen LogP contribution in [0.25, 0.3) is 5.69 Å². The van der Waals surface area contributed by atoms with Gasteiger partial charge in [-0.15, -0.1) is 11.8 Å². The number of amides is 2. The Morgan fingerprint density at radius 3 is 2.63 bits per heavy atom. The molecule has 6 nitrogen and oxygen atoms in total.